The summed E-state index contributed by atoms with van der Waals surface area (Å²) in [6.07, 6.45) is -0.491. The molecule has 0 saturated heterocycles. The van der Waals surface area contributed by atoms with Crippen molar-refractivity contribution in [2.45, 2.75) is 13.0 Å². The Hall–Kier alpha value is -1.67. The van der Waals surface area contributed by atoms with E-state index < -0.39 is 6.10 Å². The molecule has 1 nitrogen and oxygen atoms in total. The van der Waals surface area contributed by atoms with E-state index in [9.17, 15) is 9.50 Å². The van der Waals surface area contributed by atoms with E-state index in [0.29, 0.717) is 5.56 Å². The van der Waals surface area contributed by atoms with Crippen LogP contribution in [0.1, 0.15) is 18.6 Å². The monoisotopic (exact) mass is 216 g/mol. The lowest BCUT2D eigenvalue weighted by Gasteiger charge is -2.07. The zero-order valence-corrected chi connectivity index (χ0v) is 9.02. The third kappa shape index (κ3) is 2.12. The summed E-state index contributed by atoms with van der Waals surface area (Å²) in [6, 6.07) is 13.9. The molecule has 1 N–H and O–H groups in total. The maximum absolute atomic E-state index is 13.5. The molecule has 2 rings (SSSR count). The number of aliphatic hydroxyl groups excluding tert-OH is 1. The van der Waals surface area contributed by atoms with Crippen molar-refractivity contribution in [2.75, 3.05) is 0 Å². The van der Waals surface area contributed by atoms with Gasteiger partial charge < -0.3 is 5.11 Å². The van der Waals surface area contributed by atoms with Gasteiger partial charge in [-0.25, -0.2) is 4.39 Å². The lowest BCUT2D eigenvalue weighted by atomic mass is 10.0. The van der Waals surface area contributed by atoms with Gasteiger partial charge in [0, 0.05) is 5.56 Å². The number of hydrogen-bond donors (Lipinski definition) is 1. The highest BCUT2D eigenvalue weighted by Crippen LogP contribution is 2.24. The van der Waals surface area contributed by atoms with Gasteiger partial charge in [-0.1, -0.05) is 42.5 Å². The lowest BCUT2D eigenvalue weighted by molar-refractivity contribution is 0.199. The third-order valence-electron chi connectivity index (χ3n) is 2.58. The molecule has 16 heavy (non-hydrogen) atoms. The van der Waals surface area contributed by atoms with Gasteiger partial charge in [-0.05, 0) is 24.1 Å². The maximum Gasteiger partial charge on any atom is 0.131 e. The molecule has 0 aliphatic heterocycles. The first-order valence-electron chi connectivity index (χ1n) is 5.21. The van der Waals surface area contributed by atoms with Crippen molar-refractivity contribution in [2.24, 2.45) is 0 Å². The number of aliphatic hydroxyl groups is 1. The summed E-state index contributed by atoms with van der Waals surface area (Å²) < 4.78 is 13.5. The summed E-state index contributed by atoms with van der Waals surface area (Å²) >= 11 is 0. The van der Waals surface area contributed by atoms with Crippen LogP contribution < -0.4 is 0 Å². The summed E-state index contributed by atoms with van der Waals surface area (Å²) in [4.78, 5) is 0. The molecule has 0 fully saturated rings. The first-order valence-corrected chi connectivity index (χ1v) is 5.21. The van der Waals surface area contributed by atoms with Crippen molar-refractivity contribution in [3.05, 3.63) is 59.9 Å². The van der Waals surface area contributed by atoms with Crippen molar-refractivity contribution < 1.29 is 9.50 Å². The molecule has 0 unspecified atom stereocenters. The molecule has 0 bridgehead atoms. The van der Waals surface area contributed by atoms with Crippen LogP contribution in [0.3, 0.4) is 0 Å². The summed E-state index contributed by atoms with van der Waals surface area (Å²) in [7, 11) is 0. The van der Waals surface area contributed by atoms with Gasteiger partial charge in [0.05, 0.1) is 6.10 Å². The molecule has 2 aromatic rings. The second-order valence-corrected chi connectivity index (χ2v) is 3.78. The molecule has 0 saturated carbocycles. The van der Waals surface area contributed by atoms with E-state index in [1.165, 1.54) is 6.07 Å². The Bertz CT molecular complexity index is 474. The molecule has 1 atom stereocenters. The van der Waals surface area contributed by atoms with E-state index in [4.69, 9.17) is 0 Å². The molecule has 0 heterocycles. The van der Waals surface area contributed by atoms with Crippen LogP contribution in [0.5, 0.6) is 0 Å². The van der Waals surface area contributed by atoms with E-state index in [1.54, 1.807) is 25.1 Å². The van der Waals surface area contributed by atoms with Crippen molar-refractivity contribution in [1.82, 2.24) is 0 Å². The number of halogens is 1. The van der Waals surface area contributed by atoms with Crippen LogP contribution in [-0.2, 0) is 0 Å². The third-order valence-corrected chi connectivity index (χ3v) is 2.58. The number of rotatable bonds is 2. The molecule has 0 spiro atoms. The molecular formula is C14H13FO. The van der Waals surface area contributed by atoms with Crippen LogP contribution in [0.4, 0.5) is 4.39 Å². The Morgan fingerprint density at radius 2 is 1.62 bits per heavy atom. The maximum atomic E-state index is 13.5. The Balaban J connectivity index is 2.39. The largest absolute Gasteiger partial charge is 0.389 e. The molecule has 0 radical (unpaired) electrons. The summed E-state index contributed by atoms with van der Waals surface area (Å²) in [5, 5.41) is 9.37. The van der Waals surface area contributed by atoms with Crippen molar-refractivity contribution in [3.63, 3.8) is 0 Å². The summed E-state index contributed by atoms with van der Waals surface area (Å²) in [5.74, 6) is -0.229. The fourth-order valence-corrected chi connectivity index (χ4v) is 1.64. The predicted octanol–water partition coefficient (Wildman–Crippen LogP) is 3.55. The minimum Gasteiger partial charge on any atom is -0.389 e. The quantitative estimate of drug-likeness (QED) is 0.814. The Kier molecular flexibility index (Phi) is 3.02. The van der Waals surface area contributed by atoms with E-state index in [-0.39, 0.29) is 5.82 Å². The van der Waals surface area contributed by atoms with Gasteiger partial charge in [0.15, 0.2) is 0 Å². The zero-order chi connectivity index (χ0) is 11.5. The molecule has 2 aromatic carbocycles. The van der Waals surface area contributed by atoms with Gasteiger partial charge in [-0.2, -0.15) is 0 Å². The van der Waals surface area contributed by atoms with Crippen molar-refractivity contribution in [1.29, 1.82) is 0 Å². The first kappa shape index (κ1) is 10.8. The van der Waals surface area contributed by atoms with Crippen LogP contribution >= 0.6 is 0 Å². The minimum atomic E-state index is -0.491. The van der Waals surface area contributed by atoms with Crippen molar-refractivity contribution in [3.8, 4) is 11.1 Å². The van der Waals surface area contributed by atoms with Crippen LogP contribution in [0.25, 0.3) is 11.1 Å². The highest BCUT2D eigenvalue weighted by Gasteiger charge is 2.05. The standard InChI is InChI=1S/C14H13FO/c1-10(16)11-6-8-12(9-7-11)13-4-2-3-5-14(13)15/h2-10,16H,1H3/t10-/m1/s1. The second-order valence-electron chi connectivity index (χ2n) is 3.78. The molecular weight excluding hydrogens is 203 g/mol. The van der Waals surface area contributed by atoms with Crippen LogP contribution in [-0.4, -0.2) is 5.11 Å². The van der Waals surface area contributed by atoms with E-state index >= 15 is 0 Å². The fourth-order valence-electron chi connectivity index (χ4n) is 1.64. The molecule has 0 amide bonds. The fraction of sp³-hybridized carbons (Fsp3) is 0.143. The lowest BCUT2D eigenvalue weighted by Crippen LogP contribution is -1.90. The first-order chi connectivity index (χ1) is 7.68. The average molecular weight is 216 g/mol. The second kappa shape index (κ2) is 4.45. The summed E-state index contributed by atoms with van der Waals surface area (Å²) in [6.45, 7) is 1.71. The number of benzene rings is 2. The Labute approximate surface area is 94.2 Å². The van der Waals surface area contributed by atoms with Gasteiger partial charge in [-0.15, -0.1) is 0 Å². The van der Waals surface area contributed by atoms with Gasteiger partial charge in [0.2, 0.25) is 0 Å². The van der Waals surface area contributed by atoms with Gasteiger partial charge in [0.25, 0.3) is 0 Å². The van der Waals surface area contributed by atoms with Crippen LogP contribution in [0.2, 0.25) is 0 Å². The Morgan fingerprint density at radius 3 is 2.19 bits per heavy atom. The van der Waals surface area contributed by atoms with Gasteiger partial charge in [0.1, 0.15) is 5.82 Å². The predicted molar refractivity (Wildman–Crippen MR) is 62.5 cm³/mol. The molecule has 0 aromatic heterocycles. The Morgan fingerprint density at radius 1 is 1.00 bits per heavy atom. The van der Waals surface area contributed by atoms with Gasteiger partial charge >= 0.3 is 0 Å². The molecule has 2 heteroatoms. The van der Waals surface area contributed by atoms with Crippen LogP contribution in [0, 0.1) is 5.82 Å². The average Bonchev–Trinajstić information content (AvgIpc) is 2.30. The molecule has 0 aliphatic rings. The van der Waals surface area contributed by atoms with E-state index in [0.717, 1.165) is 11.1 Å². The minimum absolute atomic E-state index is 0.229. The van der Waals surface area contributed by atoms with Gasteiger partial charge in [-0.3, -0.25) is 0 Å². The normalized spacial score (nSPS) is 12.4. The highest BCUT2D eigenvalue weighted by molar-refractivity contribution is 5.64. The molecule has 82 valence electrons. The molecule has 0 aliphatic carbocycles. The van der Waals surface area contributed by atoms with E-state index in [1.807, 2.05) is 24.3 Å². The summed E-state index contributed by atoms with van der Waals surface area (Å²) in [5.41, 5.74) is 2.24. The van der Waals surface area contributed by atoms with E-state index in [2.05, 4.69) is 0 Å². The number of hydrogen-bond acceptors (Lipinski definition) is 1. The SMILES string of the molecule is C[C@@H](O)c1ccc(-c2ccccc2F)cc1. The topological polar surface area (TPSA) is 20.2 Å². The smallest absolute Gasteiger partial charge is 0.131 e. The zero-order valence-electron chi connectivity index (χ0n) is 9.02. The highest BCUT2D eigenvalue weighted by atomic mass is 19.1. The van der Waals surface area contributed by atoms with Crippen molar-refractivity contribution >= 4 is 0 Å². The van der Waals surface area contributed by atoms with Crippen LogP contribution in [0.15, 0.2) is 48.5 Å².